The second-order valence-electron chi connectivity index (χ2n) is 3.04. The van der Waals surface area contributed by atoms with Gasteiger partial charge < -0.3 is 9.73 Å². The van der Waals surface area contributed by atoms with Crippen LogP contribution in [0.4, 0.5) is 5.00 Å². The maximum atomic E-state index is 5.40. The maximum absolute atomic E-state index is 5.40. The molecule has 2 aromatic rings. The van der Waals surface area contributed by atoms with Gasteiger partial charge in [-0.3, -0.25) is 0 Å². The van der Waals surface area contributed by atoms with E-state index >= 15 is 0 Å². The van der Waals surface area contributed by atoms with Crippen molar-refractivity contribution in [1.82, 2.24) is 0 Å². The lowest BCUT2D eigenvalue weighted by Gasteiger charge is -2.01. The molecule has 74 valence electrons. The first-order valence-corrected chi connectivity index (χ1v) is 5.56. The number of nitrogens with one attached hydrogen (secondary N) is 1. The molecule has 0 spiro atoms. The maximum Gasteiger partial charge on any atom is 0.135 e. The smallest absolute Gasteiger partial charge is 0.135 e. The van der Waals surface area contributed by atoms with Crippen molar-refractivity contribution in [3.05, 3.63) is 29.3 Å². The molecule has 0 aliphatic carbocycles. The number of rotatable bonds is 3. The molecular weight excluding hydrogens is 194 g/mol. The quantitative estimate of drug-likeness (QED) is 0.831. The lowest BCUT2D eigenvalue weighted by Crippen LogP contribution is -1.90. The van der Waals surface area contributed by atoms with Gasteiger partial charge in [-0.05, 0) is 24.1 Å². The highest BCUT2D eigenvalue weighted by Crippen LogP contribution is 2.35. The van der Waals surface area contributed by atoms with Crippen molar-refractivity contribution < 1.29 is 4.42 Å². The molecule has 0 radical (unpaired) electrons. The molecule has 0 fully saturated rings. The number of hydrogen-bond acceptors (Lipinski definition) is 3. The first-order chi connectivity index (χ1) is 6.86. The molecule has 0 unspecified atom stereocenters. The van der Waals surface area contributed by atoms with Crippen molar-refractivity contribution in [1.29, 1.82) is 0 Å². The highest BCUT2D eigenvalue weighted by molar-refractivity contribution is 7.14. The van der Waals surface area contributed by atoms with Gasteiger partial charge in [0, 0.05) is 18.0 Å². The van der Waals surface area contributed by atoms with E-state index in [1.165, 1.54) is 16.1 Å². The summed E-state index contributed by atoms with van der Waals surface area (Å²) in [6.07, 6.45) is 2.74. The van der Waals surface area contributed by atoms with Crippen LogP contribution in [0.5, 0.6) is 0 Å². The van der Waals surface area contributed by atoms with Gasteiger partial charge in [-0.25, -0.2) is 0 Å². The van der Waals surface area contributed by atoms with E-state index in [1.54, 1.807) is 17.6 Å². The second-order valence-corrected chi connectivity index (χ2v) is 3.92. The first-order valence-electron chi connectivity index (χ1n) is 4.68. The molecule has 2 nitrogen and oxygen atoms in total. The van der Waals surface area contributed by atoms with E-state index in [0.717, 1.165) is 12.2 Å². The van der Waals surface area contributed by atoms with Crippen molar-refractivity contribution in [2.45, 2.75) is 13.3 Å². The minimum absolute atomic E-state index is 0.958. The molecule has 2 heterocycles. The summed E-state index contributed by atoms with van der Waals surface area (Å²) in [7, 11) is 1.96. The fourth-order valence-electron chi connectivity index (χ4n) is 1.58. The molecule has 2 rings (SSSR count). The van der Waals surface area contributed by atoms with Crippen LogP contribution in [0.1, 0.15) is 12.5 Å². The van der Waals surface area contributed by atoms with Gasteiger partial charge in [-0.2, -0.15) is 0 Å². The number of thiophene rings is 1. The molecule has 2 aromatic heterocycles. The van der Waals surface area contributed by atoms with E-state index < -0.39 is 0 Å². The Morgan fingerprint density at radius 1 is 1.50 bits per heavy atom. The molecular formula is C11H13NOS. The van der Waals surface area contributed by atoms with Crippen LogP contribution < -0.4 is 5.32 Å². The Balaban J connectivity index is 2.48. The Kier molecular flexibility index (Phi) is 2.59. The Morgan fingerprint density at radius 2 is 2.36 bits per heavy atom. The third-order valence-electron chi connectivity index (χ3n) is 2.26. The second kappa shape index (κ2) is 3.88. The zero-order valence-electron chi connectivity index (χ0n) is 8.33. The van der Waals surface area contributed by atoms with Crippen molar-refractivity contribution >= 4 is 16.3 Å². The molecule has 0 atom stereocenters. The highest BCUT2D eigenvalue weighted by atomic mass is 32.1. The largest absolute Gasteiger partial charge is 0.464 e. The molecule has 0 bridgehead atoms. The molecule has 0 aliphatic heterocycles. The predicted molar refractivity (Wildman–Crippen MR) is 60.9 cm³/mol. The van der Waals surface area contributed by atoms with Gasteiger partial charge >= 0.3 is 0 Å². The molecule has 0 aliphatic rings. The molecule has 0 saturated heterocycles. The van der Waals surface area contributed by atoms with Crippen LogP contribution in [0, 0.1) is 0 Å². The van der Waals surface area contributed by atoms with E-state index in [4.69, 9.17) is 4.42 Å². The number of anilines is 1. The van der Waals surface area contributed by atoms with Gasteiger partial charge in [0.2, 0.25) is 0 Å². The summed E-state index contributed by atoms with van der Waals surface area (Å²) < 4.78 is 5.40. The number of furan rings is 1. The molecule has 1 N–H and O–H groups in total. The van der Waals surface area contributed by atoms with Gasteiger partial charge in [0.05, 0.1) is 11.3 Å². The van der Waals surface area contributed by atoms with Gasteiger partial charge in [-0.1, -0.05) is 6.92 Å². The summed E-state index contributed by atoms with van der Waals surface area (Å²) in [6, 6.07) is 3.92. The molecule has 3 heteroatoms. The van der Waals surface area contributed by atoms with Crippen molar-refractivity contribution in [3.8, 4) is 11.3 Å². The summed E-state index contributed by atoms with van der Waals surface area (Å²) in [4.78, 5) is 0. The molecule has 0 aromatic carbocycles. The fraction of sp³-hybridized carbons (Fsp3) is 0.273. The number of hydrogen-bond donors (Lipinski definition) is 1. The Labute approximate surface area is 87.6 Å². The van der Waals surface area contributed by atoms with Gasteiger partial charge in [0.25, 0.3) is 0 Å². The van der Waals surface area contributed by atoms with Crippen LogP contribution in [0.2, 0.25) is 0 Å². The van der Waals surface area contributed by atoms with Crippen molar-refractivity contribution in [2.75, 3.05) is 12.4 Å². The average Bonchev–Trinajstić information content (AvgIpc) is 2.85. The fourth-order valence-corrected chi connectivity index (χ4v) is 2.59. The summed E-state index contributed by atoms with van der Waals surface area (Å²) in [6.45, 7) is 2.16. The zero-order chi connectivity index (χ0) is 9.97. The lowest BCUT2D eigenvalue weighted by molar-refractivity contribution is 0.582. The topological polar surface area (TPSA) is 25.2 Å². The minimum Gasteiger partial charge on any atom is -0.464 e. The van der Waals surface area contributed by atoms with Crippen molar-refractivity contribution in [3.63, 3.8) is 0 Å². The van der Waals surface area contributed by atoms with E-state index in [0.29, 0.717) is 0 Å². The third kappa shape index (κ3) is 1.44. The summed E-state index contributed by atoms with van der Waals surface area (Å²) >= 11 is 1.73. The Hall–Kier alpha value is -1.22. The summed E-state index contributed by atoms with van der Waals surface area (Å²) in [5.74, 6) is 0.958. The van der Waals surface area contributed by atoms with Crippen LogP contribution in [0.15, 0.2) is 28.2 Å². The normalized spacial score (nSPS) is 10.4. The summed E-state index contributed by atoms with van der Waals surface area (Å²) in [5, 5.41) is 6.58. The predicted octanol–water partition coefficient (Wildman–Crippen LogP) is 3.61. The summed E-state index contributed by atoms with van der Waals surface area (Å²) in [5.41, 5.74) is 2.55. The highest BCUT2D eigenvalue weighted by Gasteiger charge is 2.12. The molecule has 14 heavy (non-hydrogen) atoms. The average molecular weight is 207 g/mol. The Morgan fingerprint density at radius 3 is 2.93 bits per heavy atom. The minimum atomic E-state index is 0.958. The van der Waals surface area contributed by atoms with Gasteiger partial charge in [0.1, 0.15) is 5.76 Å². The molecule has 0 amide bonds. The van der Waals surface area contributed by atoms with Gasteiger partial charge in [-0.15, -0.1) is 11.3 Å². The van der Waals surface area contributed by atoms with Gasteiger partial charge in [0.15, 0.2) is 0 Å². The standard InChI is InChI=1S/C11H13NOS/c1-3-8-9(7-14-11(8)12-2)10-5-4-6-13-10/h4-7,12H,3H2,1-2H3. The Bertz CT molecular complexity index is 403. The van der Waals surface area contributed by atoms with Crippen molar-refractivity contribution in [2.24, 2.45) is 0 Å². The van der Waals surface area contributed by atoms with E-state index in [2.05, 4.69) is 17.6 Å². The zero-order valence-corrected chi connectivity index (χ0v) is 9.15. The molecule has 0 saturated carbocycles. The van der Waals surface area contributed by atoms with Crippen LogP contribution in [-0.2, 0) is 6.42 Å². The van der Waals surface area contributed by atoms with Crippen LogP contribution >= 0.6 is 11.3 Å². The monoisotopic (exact) mass is 207 g/mol. The van der Waals surface area contributed by atoms with Crippen LogP contribution in [0.25, 0.3) is 11.3 Å². The lowest BCUT2D eigenvalue weighted by atomic mass is 10.1. The first kappa shape index (κ1) is 9.34. The third-order valence-corrected chi connectivity index (χ3v) is 3.30. The van der Waals surface area contributed by atoms with Crippen LogP contribution in [0.3, 0.4) is 0 Å². The van der Waals surface area contributed by atoms with E-state index in [9.17, 15) is 0 Å². The van der Waals surface area contributed by atoms with E-state index in [1.807, 2.05) is 19.2 Å². The SMILES string of the molecule is CCc1c(-c2ccco2)csc1NC. The van der Waals surface area contributed by atoms with Crippen LogP contribution in [-0.4, -0.2) is 7.05 Å². The van der Waals surface area contributed by atoms with E-state index in [-0.39, 0.29) is 0 Å².